The molecule has 0 bridgehead atoms. The van der Waals surface area contributed by atoms with Crippen LogP contribution in [0.2, 0.25) is 0 Å². The lowest BCUT2D eigenvalue weighted by atomic mass is 9.96. The Morgan fingerprint density at radius 1 is 1.18 bits per heavy atom. The fourth-order valence-corrected chi connectivity index (χ4v) is 1.69. The predicted octanol–water partition coefficient (Wildman–Crippen LogP) is 1.66. The second kappa shape index (κ2) is 4.33. The van der Waals surface area contributed by atoms with Crippen molar-refractivity contribution in [2.45, 2.75) is 13.3 Å². The molecule has 86 valence electrons. The topological polar surface area (TPSA) is 60.4 Å². The van der Waals surface area contributed by atoms with Crippen LogP contribution in [0, 0.1) is 0 Å². The van der Waals surface area contributed by atoms with Crippen molar-refractivity contribution in [1.82, 2.24) is 0 Å². The zero-order valence-corrected chi connectivity index (χ0v) is 9.23. The van der Waals surface area contributed by atoms with Crippen LogP contribution in [0.25, 0.3) is 0 Å². The first-order chi connectivity index (χ1) is 8.09. The lowest BCUT2D eigenvalue weighted by Crippen LogP contribution is -2.25. The van der Waals surface area contributed by atoms with E-state index >= 15 is 0 Å². The molecule has 4 nitrogen and oxygen atoms in total. The first-order valence-electron chi connectivity index (χ1n) is 5.14. The number of hydrogen-bond donors (Lipinski definition) is 0. The van der Waals surface area contributed by atoms with Gasteiger partial charge in [-0.05, 0) is 6.92 Å². The van der Waals surface area contributed by atoms with E-state index in [0.717, 1.165) is 0 Å². The van der Waals surface area contributed by atoms with Gasteiger partial charge in [0.2, 0.25) is 0 Å². The molecule has 0 radical (unpaired) electrons. The van der Waals surface area contributed by atoms with Gasteiger partial charge in [-0.3, -0.25) is 14.4 Å². The zero-order chi connectivity index (χ0) is 12.4. The Morgan fingerprint density at radius 2 is 1.82 bits per heavy atom. The normalized spacial score (nSPS) is 15.8. The summed E-state index contributed by atoms with van der Waals surface area (Å²) in [5, 5.41) is 0. The molecule has 0 aromatic heterocycles. The Morgan fingerprint density at radius 3 is 2.41 bits per heavy atom. The first kappa shape index (κ1) is 11.3. The van der Waals surface area contributed by atoms with E-state index < -0.39 is 17.5 Å². The summed E-state index contributed by atoms with van der Waals surface area (Å²) in [6.07, 6.45) is -0.370. The number of ketones is 2. The smallest absolute Gasteiger partial charge is 0.318 e. The van der Waals surface area contributed by atoms with Gasteiger partial charge in [0, 0.05) is 5.56 Å². The standard InChI is InChI=1S/C13H10O4/c1-8-12(10(14)7-11(15)17-8)13(16)9-5-3-2-4-6-9/h2-6H,7H2,1H3. The molecule has 0 saturated heterocycles. The molecule has 1 aromatic rings. The number of esters is 1. The SMILES string of the molecule is CC1=C(C(=O)c2ccccc2)C(=O)CC(=O)O1. The van der Waals surface area contributed by atoms with Gasteiger partial charge >= 0.3 is 5.97 Å². The Bertz CT molecular complexity index is 526. The van der Waals surface area contributed by atoms with Crippen LogP contribution in [0.1, 0.15) is 23.7 Å². The largest absolute Gasteiger partial charge is 0.430 e. The second-order valence-electron chi connectivity index (χ2n) is 3.70. The van der Waals surface area contributed by atoms with E-state index in [2.05, 4.69) is 0 Å². The van der Waals surface area contributed by atoms with Crippen LogP contribution >= 0.6 is 0 Å². The molecule has 17 heavy (non-hydrogen) atoms. The summed E-state index contributed by atoms with van der Waals surface area (Å²) in [7, 11) is 0. The fraction of sp³-hybridized carbons (Fsp3) is 0.154. The van der Waals surface area contributed by atoms with Gasteiger partial charge in [0.15, 0.2) is 11.6 Å². The van der Waals surface area contributed by atoms with Crippen molar-refractivity contribution in [2.24, 2.45) is 0 Å². The van der Waals surface area contributed by atoms with Gasteiger partial charge in [0.05, 0.1) is 0 Å². The number of Topliss-reactive ketones (excluding diaryl/α,β-unsaturated/α-hetero) is 2. The molecule has 0 atom stereocenters. The van der Waals surface area contributed by atoms with Crippen molar-refractivity contribution in [3.8, 4) is 0 Å². The summed E-state index contributed by atoms with van der Waals surface area (Å²) in [5.74, 6) is -1.41. The van der Waals surface area contributed by atoms with E-state index in [9.17, 15) is 14.4 Å². The maximum atomic E-state index is 12.1. The van der Waals surface area contributed by atoms with E-state index in [-0.39, 0.29) is 17.8 Å². The number of cyclic esters (lactones) is 1. The fourth-order valence-electron chi connectivity index (χ4n) is 1.69. The van der Waals surface area contributed by atoms with Gasteiger partial charge < -0.3 is 4.74 Å². The highest BCUT2D eigenvalue weighted by molar-refractivity contribution is 6.29. The van der Waals surface area contributed by atoms with Crippen molar-refractivity contribution >= 4 is 17.5 Å². The van der Waals surface area contributed by atoms with Gasteiger partial charge in [0.25, 0.3) is 0 Å². The van der Waals surface area contributed by atoms with Crippen LogP contribution < -0.4 is 0 Å². The van der Waals surface area contributed by atoms with E-state index in [1.54, 1.807) is 30.3 Å². The van der Waals surface area contributed by atoms with Crippen LogP contribution in [0.5, 0.6) is 0 Å². The molecule has 1 aliphatic heterocycles. The Hall–Kier alpha value is -2.23. The number of hydrogen-bond acceptors (Lipinski definition) is 4. The van der Waals surface area contributed by atoms with Crippen LogP contribution in [-0.2, 0) is 14.3 Å². The lowest BCUT2D eigenvalue weighted by Gasteiger charge is -2.15. The summed E-state index contributed by atoms with van der Waals surface area (Å²) in [5.41, 5.74) is 0.379. The summed E-state index contributed by atoms with van der Waals surface area (Å²) in [6.45, 7) is 1.45. The third-order valence-corrected chi connectivity index (χ3v) is 2.47. The molecule has 0 unspecified atom stereocenters. The predicted molar refractivity (Wildman–Crippen MR) is 59.2 cm³/mol. The molecule has 0 fully saturated rings. The van der Waals surface area contributed by atoms with Gasteiger partial charge in [-0.25, -0.2) is 0 Å². The molecule has 0 N–H and O–H groups in total. The highest BCUT2D eigenvalue weighted by atomic mass is 16.5. The maximum Gasteiger partial charge on any atom is 0.318 e. The van der Waals surface area contributed by atoms with Crippen molar-refractivity contribution in [1.29, 1.82) is 0 Å². The molecule has 2 rings (SSSR count). The van der Waals surface area contributed by atoms with Gasteiger partial charge in [-0.2, -0.15) is 0 Å². The number of carbonyl (C=O) groups excluding carboxylic acids is 3. The van der Waals surface area contributed by atoms with Crippen molar-refractivity contribution in [2.75, 3.05) is 0 Å². The average molecular weight is 230 g/mol. The summed E-state index contributed by atoms with van der Waals surface area (Å²) >= 11 is 0. The van der Waals surface area contributed by atoms with Gasteiger partial charge in [0.1, 0.15) is 17.8 Å². The molecule has 0 amide bonds. The van der Waals surface area contributed by atoms with Gasteiger partial charge in [-0.1, -0.05) is 30.3 Å². The van der Waals surface area contributed by atoms with E-state index in [1.807, 2.05) is 0 Å². The lowest BCUT2D eigenvalue weighted by molar-refractivity contribution is -0.143. The maximum absolute atomic E-state index is 12.1. The first-order valence-corrected chi connectivity index (χ1v) is 5.14. The molecule has 4 heteroatoms. The average Bonchev–Trinajstić information content (AvgIpc) is 2.28. The molecule has 0 saturated carbocycles. The highest BCUT2D eigenvalue weighted by Gasteiger charge is 2.30. The Balaban J connectivity index is 2.41. The molecule has 1 aliphatic rings. The Labute approximate surface area is 97.9 Å². The quantitative estimate of drug-likeness (QED) is 0.335. The minimum absolute atomic E-state index is 0.0317. The van der Waals surface area contributed by atoms with Crippen molar-refractivity contribution < 1.29 is 19.1 Å². The van der Waals surface area contributed by atoms with Crippen molar-refractivity contribution in [3.63, 3.8) is 0 Å². The molecular formula is C13H10O4. The number of rotatable bonds is 2. The zero-order valence-electron chi connectivity index (χ0n) is 9.23. The number of ether oxygens (including phenoxy) is 1. The number of benzene rings is 1. The minimum atomic E-state index is -0.614. The third-order valence-electron chi connectivity index (χ3n) is 2.47. The van der Waals surface area contributed by atoms with E-state index in [1.165, 1.54) is 6.92 Å². The summed E-state index contributed by atoms with van der Waals surface area (Å²) < 4.78 is 4.81. The minimum Gasteiger partial charge on any atom is -0.430 e. The monoisotopic (exact) mass is 230 g/mol. The Kier molecular flexibility index (Phi) is 2.87. The van der Waals surface area contributed by atoms with Crippen LogP contribution in [0.15, 0.2) is 41.7 Å². The molecule has 1 heterocycles. The van der Waals surface area contributed by atoms with Crippen LogP contribution in [0.3, 0.4) is 0 Å². The molecule has 0 aliphatic carbocycles. The number of allylic oxidation sites excluding steroid dienone is 2. The second-order valence-corrected chi connectivity index (χ2v) is 3.70. The van der Waals surface area contributed by atoms with Crippen molar-refractivity contribution in [3.05, 3.63) is 47.2 Å². The van der Waals surface area contributed by atoms with Crippen LogP contribution in [-0.4, -0.2) is 17.5 Å². The third kappa shape index (κ3) is 2.15. The van der Waals surface area contributed by atoms with E-state index in [4.69, 9.17) is 4.74 Å². The van der Waals surface area contributed by atoms with E-state index in [0.29, 0.717) is 5.56 Å². The van der Waals surface area contributed by atoms with Gasteiger partial charge in [-0.15, -0.1) is 0 Å². The summed E-state index contributed by atoms with van der Waals surface area (Å²) in [6, 6.07) is 8.43. The molecular weight excluding hydrogens is 220 g/mol. The highest BCUT2D eigenvalue weighted by Crippen LogP contribution is 2.20. The molecule has 1 aromatic carbocycles. The molecule has 0 spiro atoms. The summed E-state index contributed by atoms with van der Waals surface area (Å²) in [4.78, 5) is 34.7. The number of carbonyl (C=O) groups is 3. The van der Waals surface area contributed by atoms with Crippen LogP contribution in [0.4, 0.5) is 0 Å².